The fourth-order valence-corrected chi connectivity index (χ4v) is 7.21. The third-order valence-corrected chi connectivity index (χ3v) is 9.45. The van der Waals surface area contributed by atoms with Crippen LogP contribution in [0.25, 0.3) is 38.8 Å². The highest BCUT2D eigenvalue weighted by Gasteiger charge is 2.27. The summed E-state index contributed by atoms with van der Waals surface area (Å²) in [5, 5.41) is 11.5. The Morgan fingerprint density at radius 3 is 2.55 bits per heavy atom. The second kappa shape index (κ2) is 12.2. The molecule has 1 aromatic carbocycles. The second-order valence-electron chi connectivity index (χ2n) is 11.2. The van der Waals surface area contributed by atoms with Crippen LogP contribution in [0.3, 0.4) is 0 Å². The SMILES string of the molecule is Cc1nc(C)c(-c2ccc3cc(-c4c(C5CCCCC5)cc(/C=C/C(=O)O)n4CC(=O)N4CCOCC4)ccc3n2)s1. The Morgan fingerprint density at radius 1 is 1.05 bits per heavy atom. The van der Waals surface area contributed by atoms with Crippen LogP contribution in [0.4, 0.5) is 0 Å². The lowest BCUT2D eigenvalue weighted by atomic mass is 9.83. The van der Waals surface area contributed by atoms with Crippen molar-refractivity contribution >= 4 is 40.2 Å². The molecule has 0 radical (unpaired) electrons. The van der Waals surface area contributed by atoms with Gasteiger partial charge in [0.25, 0.3) is 0 Å². The molecule has 4 aromatic rings. The Labute approximate surface area is 249 Å². The van der Waals surface area contributed by atoms with Gasteiger partial charge in [-0.25, -0.2) is 14.8 Å². The number of hydrogen-bond acceptors (Lipinski definition) is 6. The van der Waals surface area contributed by atoms with E-state index >= 15 is 0 Å². The number of rotatable bonds is 7. The number of ether oxygens (including phenoxy) is 1. The molecule has 9 heteroatoms. The van der Waals surface area contributed by atoms with Gasteiger partial charge in [-0.3, -0.25) is 4.79 Å². The molecule has 42 heavy (non-hydrogen) atoms. The number of benzene rings is 1. The Kier molecular flexibility index (Phi) is 8.22. The summed E-state index contributed by atoms with van der Waals surface area (Å²) in [6.45, 7) is 6.36. The molecular formula is C33H36N4O4S. The summed E-state index contributed by atoms with van der Waals surface area (Å²) in [6.07, 6.45) is 8.53. The lowest BCUT2D eigenvalue weighted by Crippen LogP contribution is -2.42. The number of carbonyl (C=O) groups is 2. The molecule has 1 amide bonds. The number of aliphatic carboxylic acids is 1. The molecule has 0 unspecified atom stereocenters. The first-order valence-corrected chi connectivity index (χ1v) is 15.5. The molecule has 0 atom stereocenters. The predicted molar refractivity (Wildman–Crippen MR) is 166 cm³/mol. The quantitative estimate of drug-likeness (QED) is 0.251. The van der Waals surface area contributed by atoms with Crippen LogP contribution >= 0.6 is 11.3 Å². The second-order valence-corrected chi connectivity index (χ2v) is 12.4. The number of aryl methyl sites for hydroxylation is 2. The minimum atomic E-state index is -1.01. The maximum Gasteiger partial charge on any atom is 0.328 e. The summed E-state index contributed by atoms with van der Waals surface area (Å²) in [5.41, 5.74) is 6.73. The number of hydrogen-bond donors (Lipinski definition) is 1. The number of carboxylic acid groups (broad SMARTS) is 1. The van der Waals surface area contributed by atoms with Crippen LogP contribution in [-0.4, -0.2) is 62.7 Å². The molecule has 4 heterocycles. The van der Waals surface area contributed by atoms with Gasteiger partial charge in [-0.15, -0.1) is 11.3 Å². The normalized spacial score (nSPS) is 16.5. The van der Waals surface area contributed by atoms with Crippen molar-refractivity contribution in [2.75, 3.05) is 26.3 Å². The van der Waals surface area contributed by atoms with Gasteiger partial charge in [-0.05, 0) is 74.1 Å². The molecule has 1 saturated heterocycles. The van der Waals surface area contributed by atoms with Crippen molar-refractivity contribution in [3.05, 3.63) is 64.4 Å². The summed E-state index contributed by atoms with van der Waals surface area (Å²) in [7, 11) is 0. The highest BCUT2D eigenvalue weighted by Crippen LogP contribution is 2.41. The fourth-order valence-electron chi connectivity index (χ4n) is 6.32. The first-order chi connectivity index (χ1) is 20.4. The molecule has 1 aliphatic heterocycles. The molecule has 0 spiro atoms. The highest BCUT2D eigenvalue weighted by molar-refractivity contribution is 7.15. The zero-order valence-corrected chi connectivity index (χ0v) is 25.0. The lowest BCUT2D eigenvalue weighted by Gasteiger charge is -2.28. The smallest absolute Gasteiger partial charge is 0.328 e. The number of pyridine rings is 1. The molecule has 6 rings (SSSR count). The number of nitrogens with zero attached hydrogens (tertiary/aromatic N) is 4. The third kappa shape index (κ3) is 5.89. The average Bonchev–Trinajstić information content (AvgIpc) is 3.54. The number of fused-ring (bicyclic) bond motifs is 1. The Balaban J connectivity index is 1.46. The van der Waals surface area contributed by atoms with Crippen molar-refractivity contribution < 1.29 is 19.4 Å². The summed E-state index contributed by atoms with van der Waals surface area (Å²) in [6, 6.07) is 12.6. The molecule has 1 saturated carbocycles. The number of morpholine rings is 1. The average molecular weight is 585 g/mol. The van der Waals surface area contributed by atoms with Crippen LogP contribution in [0.15, 0.2) is 42.5 Å². The van der Waals surface area contributed by atoms with E-state index in [1.54, 1.807) is 17.4 Å². The van der Waals surface area contributed by atoms with Crippen molar-refractivity contribution in [3.63, 3.8) is 0 Å². The summed E-state index contributed by atoms with van der Waals surface area (Å²) in [4.78, 5) is 37.5. The minimum Gasteiger partial charge on any atom is -0.478 e. The van der Waals surface area contributed by atoms with Crippen molar-refractivity contribution in [3.8, 4) is 21.8 Å². The third-order valence-electron chi connectivity index (χ3n) is 8.36. The monoisotopic (exact) mass is 584 g/mol. The summed E-state index contributed by atoms with van der Waals surface area (Å²) >= 11 is 1.65. The molecule has 1 N–H and O–H groups in total. The zero-order valence-electron chi connectivity index (χ0n) is 24.1. The van der Waals surface area contributed by atoms with E-state index in [0.717, 1.165) is 68.0 Å². The standard InChI is InChI=1S/C33H36N4O4S/c1-21-33(42-22(2)34-21)29-12-8-24-18-25(9-11-28(24)35-29)32-27(23-6-4-3-5-7-23)19-26(10-13-31(39)40)37(32)20-30(38)36-14-16-41-17-15-36/h8-13,18-19,23H,3-7,14-17,20H2,1-2H3,(H,39,40)/b13-10+. The van der Waals surface area contributed by atoms with E-state index in [9.17, 15) is 14.7 Å². The van der Waals surface area contributed by atoms with Crippen LogP contribution in [0.5, 0.6) is 0 Å². The van der Waals surface area contributed by atoms with Crippen molar-refractivity contribution in [2.45, 2.75) is 58.4 Å². The van der Waals surface area contributed by atoms with Gasteiger partial charge in [-0.2, -0.15) is 0 Å². The number of thiazole rings is 1. The van der Waals surface area contributed by atoms with Gasteiger partial charge < -0.3 is 19.3 Å². The van der Waals surface area contributed by atoms with Gasteiger partial charge >= 0.3 is 5.97 Å². The molecule has 8 nitrogen and oxygen atoms in total. The molecule has 3 aromatic heterocycles. The van der Waals surface area contributed by atoms with E-state index in [1.165, 1.54) is 24.8 Å². The van der Waals surface area contributed by atoms with Crippen LogP contribution in [0.1, 0.15) is 60.0 Å². The van der Waals surface area contributed by atoms with Crippen molar-refractivity contribution in [1.82, 2.24) is 19.4 Å². The van der Waals surface area contributed by atoms with Gasteiger partial charge in [0.2, 0.25) is 5.91 Å². The molecule has 0 bridgehead atoms. The Hall–Kier alpha value is -3.82. The fraction of sp³-hybridized carbons (Fsp3) is 0.394. The Morgan fingerprint density at radius 2 is 1.83 bits per heavy atom. The largest absolute Gasteiger partial charge is 0.478 e. The molecule has 2 fully saturated rings. The lowest BCUT2D eigenvalue weighted by molar-refractivity contribution is -0.136. The van der Waals surface area contributed by atoms with Crippen LogP contribution in [0, 0.1) is 13.8 Å². The highest BCUT2D eigenvalue weighted by atomic mass is 32.1. The van der Waals surface area contributed by atoms with E-state index in [2.05, 4.69) is 41.4 Å². The zero-order chi connectivity index (χ0) is 29.2. The topological polar surface area (TPSA) is 97.5 Å². The number of carboxylic acids is 1. The van der Waals surface area contributed by atoms with E-state index in [-0.39, 0.29) is 12.5 Å². The maximum atomic E-state index is 13.5. The molecular weight excluding hydrogens is 548 g/mol. The van der Waals surface area contributed by atoms with Gasteiger partial charge in [0.15, 0.2) is 0 Å². The van der Waals surface area contributed by atoms with Gasteiger partial charge in [0, 0.05) is 30.2 Å². The first-order valence-electron chi connectivity index (χ1n) is 14.7. The Bertz CT molecular complexity index is 1660. The minimum absolute atomic E-state index is 0.0117. The number of carbonyl (C=O) groups excluding carboxylic acids is 1. The van der Waals surface area contributed by atoms with Crippen molar-refractivity contribution in [2.24, 2.45) is 0 Å². The van der Waals surface area contributed by atoms with Crippen LogP contribution in [-0.2, 0) is 20.9 Å². The summed E-state index contributed by atoms with van der Waals surface area (Å²) in [5.74, 6) is -0.640. The summed E-state index contributed by atoms with van der Waals surface area (Å²) < 4.78 is 7.49. The van der Waals surface area contributed by atoms with Gasteiger partial charge in [0.05, 0.1) is 45.7 Å². The number of aromatic nitrogens is 3. The number of amides is 1. The first kappa shape index (κ1) is 28.3. The van der Waals surface area contributed by atoms with E-state index in [0.29, 0.717) is 32.2 Å². The molecule has 218 valence electrons. The van der Waals surface area contributed by atoms with E-state index in [1.807, 2.05) is 23.3 Å². The van der Waals surface area contributed by atoms with Gasteiger partial charge in [0.1, 0.15) is 6.54 Å². The maximum absolute atomic E-state index is 13.5. The van der Waals surface area contributed by atoms with Gasteiger partial charge in [-0.1, -0.05) is 31.4 Å². The van der Waals surface area contributed by atoms with Crippen LogP contribution in [0.2, 0.25) is 0 Å². The predicted octanol–water partition coefficient (Wildman–Crippen LogP) is 6.45. The van der Waals surface area contributed by atoms with E-state index in [4.69, 9.17) is 9.72 Å². The van der Waals surface area contributed by atoms with Crippen molar-refractivity contribution in [1.29, 1.82) is 0 Å². The molecule has 2 aliphatic rings. The molecule has 1 aliphatic carbocycles. The van der Waals surface area contributed by atoms with E-state index < -0.39 is 5.97 Å². The van der Waals surface area contributed by atoms with Crippen LogP contribution < -0.4 is 0 Å².